The Bertz CT molecular complexity index is 854. The normalized spacial score (nSPS) is 13.6. The Hall–Kier alpha value is -3.64. The van der Waals surface area contributed by atoms with Crippen LogP contribution in [0.1, 0.15) is 31.8 Å². The molecule has 1 aliphatic heterocycles. The number of piperazine rings is 1. The molecule has 6 nitrogen and oxygen atoms in total. The molecule has 1 heterocycles. The highest BCUT2D eigenvalue weighted by Crippen LogP contribution is 2.14. The summed E-state index contributed by atoms with van der Waals surface area (Å²) in [5, 5.41) is 17.9. The average Bonchev–Trinajstić information content (AvgIpc) is 2.72. The number of carbonyl (C=O) groups excluding carboxylic acids is 2. The van der Waals surface area contributed by atoms with Crippen molar-refractivity contribution in [3.8, 4) is 12.1 Å². The first-order valence-electron chi connectivity index (χ1n) is 8.21. The van der Waals surface area contributed by atoms with E-state index in [1.807, 2.05) is 12.1 Å². The summed E-state index contributed by atoms with van der Waals surface area (Å²) in [4.78, 5) is 28.5. The Kier molecular flexibility index (Phi) is 4.96. The van der Waals surface area contributed by atoms with Gasteiger partial charge in [0.1, 0.15) is 0 Å². The first-order chi connectivity index (χ1) is 12.6. The lowest BCUT2D eigenvalue weighted by Gasteiger charge is -2.35. The number of benzene rings is 2. The largest absolute Gasteiger partial charge is 0.335 e. The summed E-state index contributed by atoms with van der Waals surface area (Å²) in [6.07, 6.45) is 0. The zero-order valence-corrected chi connectivity index (χ0v) is 14.1. The zero-order valence-electron chi connectivity index (χ0n) is 14.1. The van der Waals surface area contributed by atoms with Gasteiger partial charge >= 0.3 is 0 Å². The van der Waals surface area contributed by atoms with E-state index < -0.39 is 0 Å². The van der Waals surface area contributed by atoms with Crippen molar-refractivity contribution in [3.63, 3.8) is 0 Å². The van der Waals surface area contributed by atoms with E-state index in [-0.39, 0.29) is 11.8 Å². The van der Waals surface area contributed by atoms with Gasteiger partial charge in [-0.3, -0.25) is 9.59 Å². The standard InChI is InChI=1S/C20H16N4O2/c21-13-15-3-1-5-17(11-15)19(25)23-7-9-24(10-8-23)20(26)18-6-2-4-16(12-18)14-22/h1-6,11-12H,7-10H2. The van der Waals surface area contributed by atoms with Crippen LogP contribution in [0, 0.1) is 22.7 Å². The zero-order chi connectivity index (χ0) is 18.5. The van der Waals surface area contributed by atoms with Gasteiger partial charge < -0.3 is 9.80 Å². The second-order valence-electron chi connectivity index (χ2n) is 5.97. The highest BCUT2D eigenvalue weighted by atomic mass is 16.2. The van der Waals surface area contributed by atoms with E-state index in [0.29, 0.717) is 48.4 Å². The van der Waals surface area contributed by atoms with Crippen molar-refractivity contribution in [3.05, 3.63) is 70.8 Å². The second-order valence-corrected chi connectivity index (χ2v) is 5.97. The van der Waals surface area contributed by atoms with Gasteiger partial charge in [0.2, 0.25) is 0 Å². The second kappa shape index (κ2) is 7.50. The van der Waals surface area contributed by atoms with E-state index in [4.69, 9.17) is 10.5 Å². The molecule has 0 N–H and O–H groups in total. The van der Waals surface area contributed by atoms with Crippen LogP contribution < -0.4 is 0 Å². The third kappa shape index (κ3) is 3.55. The molecule has 0 saturated carbocycles. The van der Waals surface area contributed by atoms with Gasteiger partial charge in [0.15, 0.2) is 0 Å². The van der Waals surface area contributed by atoms with Crippen LogP contribution in [0.2, 0.25) is 0 Å². The molecular weight excluding hydrogens is 328 g/mol. The average molecular weight is 344 g/mol. The molecule has 2 aromatic rings. The number of rotatable bonds is 2. The molecule has 1 saturated heterocycles. The monoisotopic (exact) mass is 344 g/mol. The molecule has 0 spiro atoms. The van der Waals surface area contributed by atoms with E-state index in [1.165, 1.54) is 0 Å². The Morgan fingerprint density at radius 1 is 0.731 bits per heavy atom. The molecule has 1 aliphatic rings. The Morgan fingerprint density at radius 3 is 1.46 bits per heavy atom. The smallest absolute Gasteiger partial charge is 0.254 e. The van der Waals surface area contributed by atoms with Gasteiger partial charge in [-0.1, -0.05) is 12.1 Å². The number of hydrogen-bond donors (Lipinski definition) is 0. The first kappa shape index (κ1) is 17.2. The number of nitrogens with zero attached hydrogens (tertiary/aromatic N) is 4. The van der Waals surface area contributed by atoms with Crippen LogP contribution in [-0.4, -0.2) is 47.8 Å². The van der Waals surface area contributed by atoms with E-state index in [2.05, 4.69) is 0 Å². The third-order valence-electron chi connectivity index (χ3n) is 4.33. The fourth-order valence-corrected chi connectivity index (χ4v) is 2.92. The summed E-state index contributed by atoms with van der Waals surface area (Å²) in [6.45, 7) is 1.72. The molecule has 26 heavy (non-hydrogen) atoms. The number of nitriles is 2. The SMILES string of the molecule is N#Cc1cccc(C(=O)N2CCN(C(=O)c3cccc(C#N)c3)CC2)c1. The van der Waals surface area contributed by atoms with Crippen molar-refractivity contribution in [2.75, 3.05) is 26.2 Å². The van der Waals surface area contributed by atoms with E-state index in [0.717, 1.165) is 0 Å². The molecule has 1 fully saturated rings. The van der Waals surface area contributed by atoms with Crippen molar-refractivity contribution in [1.29, 1.82) is 10.5 Å². The molecule has 3 rings (SSSR count). The third-order valence-corrected chi connectivity index (χ3v) is 4.33. The van der Waals surface area contributed by atoms with Crippen LogP contribution in [0.5, 0.6) is 0 Å². The van der Waals surface area contributed by atoms with E-state index >= 15 is 0 Å². The molecule has 6 heteroatoms. The quantitative estimate of drug-likeness (QED) is 0.834. The molecule has 0 aromatic heterocycles. The maximum absolute atomic E-state index is 12.6. The van der Waals surface area contributed by atoms with E-state index in [1.54, 1.807) is 58.3 Å². The van der Waals surface area contributed by atoms with Gasteiger partial charge in [-0.2, -0.15) is 10.5 Å². The highest BCUT2D eigenvalue weighted by Gasteiger charge is 2.25. The maximum Gasteiger partial charge on any atom is 0.254 e. The van der Waals surface area contributed by atoms with Gasteiger partial charge in [-0.25, -0.2) is 0 Å². The van der Waals surface area contributed by atoms with Crippen LogP contribution in [-0.2, 0) is 0 Å². The fraction of sp³-hybridized carbons (Fsp3) is 0.200. The van der Waals surface area contributed by atoms with Crippen LogP contribution in [0.3, 0.4) is 0 Å². The topological polar surface area (TPSA) is 88.2 Å². The van der Waals surface area contributed by atoms with Gasteiger partial charge in [0.05, 0.1) is 23.3 Å². The van der Waals surface area contributed by atoms with Crippen molar-refractivity contribution in [2.24, 2.45) is 0 Å². The van der Waals surface area contributed by atoms with Gasteiger partial charge in [0.25, 0.3) is 11.8 Å². The van der Waals surface area contributed by atoms with Gasteiger partial charge in [-0.05, 0) is 36.4 Å². The Labute approximate surface area is 151 Å². The van der Waals surface area contributed by atoms with Crippen LogP contribution >= 0.6 is 0 Å². The lowest BCUT2D eigenvalue weighted by Crippen LogP contribution is -2.50. The van der Waals surface area contributed by atoms with Crippen LogP contribution in [0.15, 0.2) is 48.5 Å². The number of amides is 2. The fourth-order valence-electron chi connectivity index (χ4n) is 2.92. The Balaban J connectivity index is 1.65. The molecule has 2 aromatic carbocycles. The summed E-state index contributed by atoms with van der Waals surface area (Å²) in [7, 11) is 0. The van der Waals surface area contributed by atoms with E-state index in [9.17, 15) is 9.59 Å². The molecule has 0 bridgehead atoms. The summed E-state index contributed by atoms with van der Waals surface area (Å²) >= 11 is 0. The van der Waals surface area contributed by atoms with Crippen molar-refractivity contribution >= 4 is 11.8 Å². The van der Waals surface area contributed by atoms with Gasteiger partial charge in [0, 0.05) is 37.3 Å². The van der Waals surface area contributed by atoms with Crippen LogP contribution in [0.25, 0.3) is 0 Å². The maximum atomic E-state index is 12.6. The molecule has 0 aliphatic carbocycles. The summed E-state index contributed by atoms with van der Waals surface area (Å²) < 4.78 is 0. The molecule has 0 atom stereocenters. The molecule has 2 amide bonds. The molecule has 128 valence electrons. The summed E-state index contributed by atoms with van der Waals surface area (Å²) in [5.74, 6) is -0.277. The van der Waals surface area contributed by atoms with Crippen LogP contribution in [0.4, 0.5) is 0 Å². The lowest BCUT2D eigenvalue weighted by molar-refractivity contribution is 0.0535. The van der Waals surface area contributed by atoms with Crippen molar-refractivity contribution in [1.82, 2.24) is 9.80 Å². The summed E-state index contributed by atoms with van der Waals surface area (Å²) in [5.41, 5.74) is 1.85. The predicted octanol–water partition coefficient (Wildman–Crippen LogP) is 2.03. The first-order valence-corrected chi connectivity index (χ1v) is 8.21. The molecule has 0 unspecified atom stereocenters. The highest BCUT2D eigenvalue weighted by molar-refractivity contribution is 5.96. The minimum absolute atomic E-state index is 0.138. The minimum Gasteiger partial charge on any atom is -0.335 e. The predicted molar refractivity (Wildman–Crippen MR) is 94.1 cm³/mol. The molecule has 0 radical (unpaired) electrons. The molecular formula is C20H16N4O2. The number of carbonyl (C=O) groups is 2. The minimum atomic E-state index is -0.138. The van der Waals surface area contributed by atoms with Crippen molar-refractivity contribution in [2.45, 2.75) is 0 Å². The number of hydrogen-bond acceptors (Lipinski definition) is 4. The summed E-state index contributed by atoms with van der Waals surface area (Å²) in [6, 6.07) is 17.3. The van der Waals surface area contributed by atoms with Crippen molar-refractivity contribution < 1.29 is 9.59 Å². The lowest BCUT2D eigenvalue weighted by atomic mass is 10.1. The van der Waals surface area contributed by atoms with Gasteiger partial charge in [-0.15, -0.1) is 0 Å². The Morgan fingerprint density at radius 2 is 1.12 bits per heavy atom.